The van der Waals surface area contributed by atoms with Crippen molar-refractivity contribution in [1.29, 1.82) is 0 Å². The van der Waals surface area contributed by atoms with Crippen molar-refractivity contribution in [3.8, 4) is 0 Å². The Kier molecular flexibility index (Phi) is 4.78. The lowest BCUT2D eigenvalue weighted by molar-refractivity contribution is 0.180. The summed E-state index contributed by atoms with van der Waals surface area (Å²) in [5.41, 5.74) is 7.34. The molecule has 4 nitrogen and oxygen atoms in total. The normalized spacial score (nSPS) is 21.7. The molecular formula is C14H25N3O. The van der Waals surface area contributed by atoms with Gasteiger partial charge in [-0.05, 0) is 31.2 Å². The summed E-state index contributed by atoms with van der Waals surface area (Å²) in [6.45, 7) is 6.09. The minimum absolute atomic E-state index is 0.178. The molecule has 18 heavy (non-hydrogen) atoms. The molecule has 0 amide bonds. The van der Waals surface area contributed by atoms with E-state index < -0.39 is 0 Å². The van der Waals surface area contributed by atoms with Crippen LogP contribution in [0.1, 0.15) is 44.8 Å². The zero-order valence-electron chi connectivity index (χ0n) is 11.5. The first-order valence-electron chi connectivity index (χ1n) is 7.12. The molecule has 1 saturated heterocycles. The number of nitrogens with two attached hydrogens (primary N) is 1. The Morgan fingerprint density at radius 2 is 2.28 bits per heavy atom. The van der Waals surface area contributed by atoms with Gasteiger partial charge in [0.2, 0.25) is 0 Å². The summed E-state index contributed by atoms with van der Waals surface area (Å²) in [5, 5.41) is 4.66. The Bertz CT molecular complexity index is 354. The molecule has 2 rings (SSSR count). The summed E-state index contributed by atoms with van der Waals surface area (Å²) in [5.74, 6) is 0.503. The molecule has 0 radical (unpaired) electrons. The van der Waals surface area contributed by atoms with Gasteiger partial charge in [-0.1, -0.05) is 13.8 Å². The Hall–Kier alpha value is -0.870. The van der Waals surface area contributed by atoms with Crippen molar-refractivity contribution < 1.29 is 4.74 Å². The number of hydrogen-bond acceptors (Lipinski definition) is 3. The highest BCUT2D eigenvalue weighted by molar-refractivity contribution is 5.03. The maximum absolute atomic E-state index is 6.23. The number of hydrogen-bond donors (Lipinski definition) is 1. The number of aromatic nitrogens is 2. The lowest BCUT2D eigenvalue weighted by Gasteiger charge is -2.16. The third kappa shape index (κ3) is 3.12. The highest BCUT2D eigenvalue weighted by Gasteiger charge is 2.23. The van der Waals surface area contributed by atoms with E-state index in [4.69, 9.17) is 10.5 Å². The molecule has 0 aromatic carbocycles. The Balaban J connectivity index is 1.93. The summed E-state index contributed by atoms with van der Waals surface area (Å²) >= 11 is 0. The second-order valence-electron chi connectivity index (χ2n) is 5.25. The van der Waals surface area contributed by atoms with Crippen LogP contribution in [0.2, 0.25) is 0 Å². The standard InChI is InChI=1S/C14H25N3O/c1-3-13(4-2)17-7-5-12(16-17)9-14(15)11-6-8-18-10-11/h5,7,11,13-14H,3-4,6,8-10,15H2,1-2H3. The average molecular weight is 251 g/mol. The van der Waals surface area contributed by atoms with E-state index in [0.29, 0.717) is 12.0 Å². The van der Waals surface area contributed by atoms with Crippen LogP contribution in [0.15, 0.2) is 12.3 Å². The van der Waals surface area contributed by atoms with Crippen LogP contribution >= 0.6 is 0 Å². The predicted octanol–water partition coefficient (Wildman–Crippen LogP) is 2.15. The average Bonchev–Trinajstić information content (AvgIpc) is 3.01. The van der Waals surface area contributed by atoms with Crippen LogP contribution < -0.4 is 5.73 Å². The Morgan fingerprint density at radius 1 is 1.50 bits per heavy atom. The largest absolute Gasteiger partial charge is 0.381 e. The molecule has 1 fully saturated rings. The van der Waals surface area contributed by atoms with Crippen molar-refractivity contribution in [2.24, 2.45) is 11.7 Å². The predicted molar refractivity (Wildman–Crippen MR) is 72.5 cm³/mol. The summed E-state index contributed by atoms with van der Waals surface area (Å²) in [4.78, 5) is 0. The molecule has 2 atom stereocenters. The fraction of sp³-hybridized carbons (Fsp3) is 0.786. The van der Waals surface area contributed by atoms with Gasteiger partial charge in [-0.15, -0.1) is 0 Å². The van der Waals surface area contributed by atoms with E-state index in [1.54, 1.807) is 0 Å². The van der Waals surface area contributed by atoms with Crippen LogP contribution in [-0.4, -0.2) is 29.0 Å². The second kappa shape index (κ2) is 6.34. The molecule has 1 aromatic rings. The van der Waals surface area contributed by atoms with Gasteiger partial charge >= 0.3 is 0 Å². The van der Waals surface area contributed by atoms with Gasteiger partial charge in [-0.3, -0.25) is 4.68 Å². The first kappa shape index (κ1) is 13.6. The summed E-state index contributed by atoms with van der Waals surface area (Å²) in [6, 6.07) is 2.80. The number of nitrogens with zero attached hydrogens (tertiary/aromatic N) is 2. The first-order chi connectivity index (χ1) is 8.74. The molecule has 1 aliphatic heterocycles. The maximum atomic E-state index is 6.23. The third-order valence-corrected chi connectivity index (χ3v) is 4.00. The fourth-order valence-corrected chi connectivity index (χ4v) is 2.65. The van der Waals surface area contributed by atoms with Crippen LogP contribution in [0.4, 0.5) is 0 Å². The monoisotopic (exact) mass is 251 g/mol. The van der Waals surface area contributed by atoms with Crippen molar-refractivity contribution in [3.63, 3.8) is 0 Å². The smallest absolute Gasteiger partial charge is 0.0640 e. The third-order valence-electron chi connectivity index (χ3n) is 4.00. The van der Waals surface area contributed by atoms with Crippen molar-refractivity contribution in [3.05, 3.63) is 18.0 Å². The van der Waals surface area contributed by atoms with E-state index in [2.05, 4.69) is 35.9 Å². The number of ether oxygens (including phenoxy) is 1. The lowest BCUT2D eigenvalue weighted by Crippen LogP contribution is -2.32. The zero-order valence-corrected chi connectivity index (χ0v) is 11.5. The molecule has 0 saturated carbocycles. The Morgan fingerprint density at radius 3 is 2.89 bits per heavy atom. The molecule has 2 unspecified atom stereocenters. The van der Waals surface area contributed by atoms with Crippen LogP contribution in [0.25, 0.3) is 0 Å². The van der Waals surface area contributed by atoms with E-state index in [1.807, 2.05) is 0 Å². The topological polar surface area (TPSA) is 53.1 Å². The molecular weight excluding hydrogens is 226 g/mol. The van der Waals surface area contributed by atoms with Gasteiger partial charge in [0.05, 0.1) is 18.3 Å². The fourth-order valence-electron chi connectivity index (χ4n) is 2.65. The molecule has 1 aliphatic rings. The second-order valence-corrected chi connectivity index (χ2v) is 5.25. The highest BCUT2D eigenvalue weighted by atomic mass is 16.5. The van der Waals surface area contributed by atoms with Crippen LogP contribution in [-0.2, 0) is 11.2 Å². The molecule has 0 aliphatic carbocycles. The summed E-state index contributed by atoms with van der Waals surface area (Å²) < 4.78 is 7.48. The van der Waals surface area contributed by atoms with E-state index in [0.717, 1.165) is 44.6 Å². The van der Waals surface area contributed by atoms with Crippen molar-refractivity contribution in [1.82, 2.24) is 9.78 Å². The van der Waals surface area contributed by atoms with Gasteiger partial charge < -0.3 is 10.5 Å². The molecule has 4 heteroatoms. The van der Waals surface area contributed by atoms with Gasteiger partial charge in [0.1, 0.15) is 0 Å². The lowest BCUT2D eigenvalue weighted by atomic mass is 9.96. The minimum Gasteiger partial charge on any atom is -0.381 e. The van der Waals surface area contributed by atoms with Crippen LogP contribution in [0.5, 0.6) is 0 Å². The van der Waals surface area contributed by atoms with Gasteiger partial charge in [0.25, 0.3) is 0 Å². The quantitative estimate of drug-likeness (QED) is 0.843. The molecule has 0 spiro atoms. The maximum Gasteiger partial charge on any atom is 0.0640 e. The van der Waals surface area contributed by atoms with E-state index in [9.17, 15) is 0 Å². The molecule has 1 aromatic heterocycles. The van der Waals surface area contributed by atoms with Gasteiger partial charge in [0.15, 0.2) is 0 Å². The van der Waals surface area contributed by atoms with Crippen molar-refractivity contribution in [2.45, 2.75) is 51.6 Å². The number of rotatable bonds is 6. The van der Waals surface area contributed by atoms with Crippen LogP contribution in [0, 0.1) is 5.92 Å². The van der Waals surface area contributed by atoms with Crippen molar-refractivity contribution in [2.75, 3.05) is 13.2 Å². The van der Waals surface area contributed by atoms with E-state index in [1.165, 1.54) is 0 Å². The molecule has 102 valence electrons. The van der Waals surface area contributed by atoms with Crippen molar-refractivity contribution >= 4 is 0 Å². The van der Waals surface area contributed by atoms with Gasteiger partial charge in [-0.2, -0.15) is 5.10 Å². The summed E-state index contributed by atoms with van der Waals surface area (Å²) in [7, 11) is 0. The van der Waals surface area contributed by atoms with E-state index in [-0.39, 0.29) is 6.04 Å². The van der Waals surface area contributed by atoms with Gasteiger partial charge in [-0.25, -0.2) is 0 Å². The van der Waals surface area contributed by atoms with Gasteiger partial charge in [0, 0.05) is 25.3 Å². The Labute approximate surface area is 110 Å². The zero-order chi connectivity index (χ0) is 13.0. The van der Waals surface area contributed by atoms with E-state index >= 15 is 0 Å². The van der Waals surface area contributed by atoms with Crippen LogP contribution in [0.3, 0.4) is 0 Å². The molecule has 2 heterocycles. The minimum atomic E-state index is 0.178. The molecule has 0 bridgehead atoms. The molecule has 2 N–H and O–H groups in total. The summed E-state index contributed by atoms with van der Waals surface area (Å²) in [6.07, 6.45) is 6.29. The first-order valence-corrected chi connectivity index (χ1v) is 7.12. The highest BCUT2D eigenvalue weighted by Crippen LogP contribution is 2.19. The SMILES string of the molecule is CCC(CC)n1ccc(CC(N)C2CCOC2)n1.